The summed E-state index contributed by atoms with van der Waals surface area (Å²) in [6.45, 7) is 1.43. The van der Waals surface area contributed by atoms with Gasteiger partial charge in [-0.15, -0.1) is 0 Å². The Hall–Kier alpha value is -3.80. The van der Waals surface area contributed by atoms with Crippen LogP contribution in [-0.4, -0.2) is 11.9 Å². The van der Waals surface area contributed by atoms with E-state index in [9.17, 15) is 9.59 Å². The van der Waals surface area contributed by atoms with Crippen LogP contribution in [0.1, 0.15) is 6.92 Å². The second-order valence-corrected chi connectivity index (χ2v) is 5.95. The molecule has 0 unspecified atom stereocenters. The largest absolute Gasteiger partial charge is 0.399 e. The normalized spacial score (nSPS) is 10.1. The van der Waals surface area contributed by atoms with Gasteiger partial charge in [0.1, 0.15) is 0 Å². The van der Waals surface area contributed by atoms with Gasteiger partial charge in [0.25, 0.3) is 0 Å². The summed E-state index contributed by atoms with van der Waals surface area (Å²) in [5.74, 6) is -0.175. The Bertz CT molecular complexity index is 940. The van der Waals surface area contributed by atoms with Crippen molar-refractivity contribution in [2.75, 3.05) is 21.3 Å². The molecule has 4 N–H and O–H groups in total. The summed E-state index contributed by atoms with van der Waals surface area (Å²) in [5, 5.41) is 5.57. The number of amides is 3. The number of urea groups is 1. The molecule has 136 valence electrons. The van der Waals surface area contributed by atoms with Crippen molar-refractivity contribution in [3.05, 3.63) is 78.9 Å². The molecule has 0 bridgehead atoms. The first kappa shape index (κ1) is 18.0. The van der Waals surface area contributed by atoms with Crippen LogP contribution in [0, 0.1) is 0 Å². The fourth-order valence-corrected chi connectivity index (χ4v) is 2.64. The molecule has 0 saturated heterocycles. The van der Waals surface area contributed by atoms with E-state index in [1.165, 1.54) is 6.92 Å². The quantitative estimate of drug-likeness (QED) is 0.594. The summed E-state index contributed by atoms with van der Waals surface area (Å²) < 4.78 is 0. The van der Waals surface area contributed by atoms with Crippen LogP contribution in [0.4, 0.5) is 33.2 Å². The van der Waals surface area contributed by atoms with Crippen molar-refractivity contribution in [3.8, 4) is 0 Å². The van der Waals surface area contributed by atoms with Crippen LogP contribution in [0.15, 0.2) is 78.9 Å². The van der Waals surface area contributed by atoms with Crippen molar-refractivity contribution >= 4 is 40.4 Å². The second-order valence-electron chi connectivity index (χ2n) is 5.95. The van der Waals surface area contributed by atoms with Gasteiger partial charge in [-0.25, -0.2) is 4.79 Å². The van der Waals surface area contributed by atoms with Crippen molar-refractivity contribution in [2.24, 2.45) is 0 Å². The Morgan fingerprint density at radius 1 is 0.778 bits per heavy atom. The summed E-state index contributed by atoms with van der Waals surface area (Å²) >= 11 is 0. The number of benzene rings is 3. The Labute approximate surface area is 157 Å². The second kappa shape index (κ2) is 8.05. The van der Waals surface area contributed by atoms with Gasteiger partial charge < -0.3 is 16.4 Å². The third-order valence-electron chi connectivity index (χ3n) is 3.80. The molecule has 0 heterocycles. The van der Waals surface area contributed by atoms with Crippen LogP contribution in [0.5, 0.6) is 0 Å². The number of carbonyl (C=O) groups is 2. The lowest BCUT2D eigenvalue weighted by Crippen LogP contribution is -2.30. The first-order valence-electron chi connectivity index (χ1n) is 8.42. The summed E-state index contributed by atoms with van der Waals surface area (Å²) in [4.78, 5) is 25.8. The maximum Gasteiger partial charge on any atom is 0.330 e. The Morgan fingerprint density at radius 2 is 1.37 bits per heavy atom. The fourth-order valence-electron chi connectivity index (χ4n) is 2.64. The van der Waals surface area contributed by atoms with E-state index in [0.717, 1.165) is 5.69 Å². The maximum atomic E-state index is 13.0. The van der Waals surface area contributed by atoms with E-state index in [1.54, 1.807) is 53.4 Å². The Balaban J connectivity index is 1.90. The van der Waals surface area contributed by atoms with Gasteiger partial charge in [-0.05, 0) is 54.6 Å². The Morgan fingerprint density at radius 3 is 2.00 bits per heavy atom. The lowest BCUT2D eigenvalue weighted by molar-refractivity contribution is -0.114. The molecule has 0 atom stereocenters. The number of nitrogen functional groups attached to an aromatic ring is 1. The maximum absolute atomic E-state index is 13.0. The molecule has 0 radical (unpaired) electrons. The minimum Gasteiger partial charge on any atom is -0.399 e. The SMILES string of the molecule is CC(=O)Nc1cccc(NC(=O)N(c2ccccc2)c2ccc(N)cc2)c1. The van der Waals surface area contributed by atoms with Gasteiger partial charge >= 0.3 is 6.03 Å². The highest BCUT2D eigenvalue weighted by Crippen LogP contribution is 2.27. The van der Waals surface area contributed by atoms with Crippen LogP contribution >= 0.6 is 0 Å². The number of nitrogens with one attached hydrogen (secondary N) is 2. The van der Waals surface area contributed by atoms with Crippen molar-refractivity contribution in [2.45, 2.75) is 6.92 Å². The van der Waals surface area contributed by atoms with E-state index in [0.29, 0.717) is 22.7 Å². The lowest BCUT2D eigenvalue weighted by atomic mass is 10.2. The first-order valence-corrected chi connectivity index (χ1v) is 8.42. The molecule has 0 aromatic heterocycles. The molecule has 0 aliphatic heterocycles. The number of nitrogens with two attached hydrogens (primary N) is 1. The van der Waals surface area contributed by atoms with Crippen LogP contribution in [0.3, 0.4) is 0 Å². The molecule has 0 fully saturated rings. The van der Waals surface area contributed by atoms with Crippen molar-refractivity contribution in [1.29, 1.82) is 0 Å². The van der Waals surface area contributed by atoms with E-state index < -0.39 is 0 Å². The average Bonchev–Trinajstić information content (AvgIpc) is 2.64. The number of rotatable bonds is 4. The zero-order valence-corrected chi connectivity index (χ0v) is 14.8. The predicted molar refractivity (Wildman–Crippen MR) is 109 cm³/mol. The fraction of sp³-hybridized carbons (Fsp3) is 0.0476. The molecular formula is C21H20N4O2. The van der Waals surface area contributed by atoms with Crippen LogP contribution < -0.4 is 21.3 Å². The smallest absolute Gasteiger partial charge is 0.330 e. The molecule has 0 saturated carbocycles. The highest BCUT2D eigenvalue weighted by Gasteiger charge is 2.18. The van der Waals surface area contributed by atoms with E-state index in [4.69, 9.17) is 5.73 Å². The number of hydrogen-bond donors (Lipinski definition) is 3. The zero-order valence-electron chi connectivity index (χ0n) is 14.8. The molecule has 0 spiro atoms. The predicted octanol–water partition coefficient (Wildman–Crippen LogP) is 4.60. The first-order chi connectivity index (χ1) is 13.0. The van der Waals surface area contributed by atoms with Crippen molar-refractivity contribution < 1.29 is 9.59 Å². The standard InChI is InChI=1S/C21H20N4O2/c1-15(26)23-17-6-5-7-18(14-17)24-21(27)25(19-8-3-2-4-9-19)20-12-10-16(22)11-13-20/h2-14H,22H2,1H3,(H,23,26)(H,24,27). The molecular weight excluding hydrogens is 340 g/mol. The van der Waals surface area contributed by atoms with Crippen LogP contribution in [-0.2, 0) is 4.79 Å². The van der Waals surface area contributed by atoms with Gasteiger partial charge in [-0.2, -0.15) is 0 Å². The van der Waals surface area contributed by atoms with Gasteiger partial charge in [0.2, 0.25) is 5.91 Å². The number of nitrogens with zero attached hydrogens (tertiary/aromatic N) is 1. The molecule has 0 aliphatic carbocycles. The molecule has 3 amide bonds. The lowest BCUT2D eigenvalue weighted by Gasteiger charge is -2.23. The van der Waals surface area contributed by atoms with Gasteiger partial charge in [0.15, 0.2) is 0 Å². The van der Waals surface area contributed by atoms with Gasteiger partial charge in [-0.3, -0.25) is 9.69 Å². The third-order valence-corrected chi connectivity index (χ3v) is 3.80. The van der Waals surface area contributed by atoms with Gasteiger partial charge in [-0.1, -0.05) is 24.3 Å². The molecule has 3 aromatic rings. The van der Waals surface area contributed by atoms with Gasteiger partial charge in [0, 0.05) is 24.0 Å². The highest BCUT2D eigenvalue weighted by molar-refractivity contribution is 6.07. The van der Waals surface area contributed by atoms with Crippen LogP contribution in [0.2, 0.25) is 0 Å². The summed E-state index contributed by atoms with van der Waals surface area (Å²) in [7, 11) is 0. The minimum absolute atomic E-state index is 0.175. The van der Waals surface area contributed by atoms with Crippen molar-refractivity contribution in [1.82, 2.24) is 0 Å². The molecule has 3 aromatic carbocycles. The number of hydrogen-bond acceptors (Lipinski definition) is 3. The zero-order chi connectivity index (χ0) is 19.2. The van der Waals surface area contributed by atoms with E-state index in [1.807, 2.05) is 30.3 Å². The van der Waals surface area contributed by atoms with E-state index in [2.05, 4.69) is 10.6 Å². The Kier molecular flexibility index (Phi) is 5.37. The molecule has 6 heteroatoms. The summed E-state index contributed by atoms with van der Waals surface area (Å²) in [6, 6.07) is 23.0. The number of carbonyl (C=O) groups excluding carboxylic acids is 2. The summed E-state index contributed by atoms with van der Waals surface area (Å²) in [5.41, 5.74) is 8.98. The topological polar surface area (TPSA) is 87.5 Å². The average molecular weight is 360 g/mol. The molecule has 0 aliphatic rings. The molecule has 27 heavy (non-hydrogen) atoms. The summed E-state index contributed by atoms with van der Waals surface area (Å²) in [6.07, 6.45) is 0. The van der Waals surface area contributed by atoms with Gasteiger partial charge in [0.05, 0.1) is 11.4 Å². The molecule has 6 nitrogen and oxygen atoms in total. The minimum atomic E-state index is -0.328. The third kappa shape index (κ3) is 4.64. The van der Waals surface area contributed by atoms with Crippen LogP contribution in [0.25, 0.3) is 0 Å². The number of para-hydroxylation sites is 1. The highest BCUT2D eigenvalue weighted by atomic mass is 16.2. The monoisotopic (exact) mass is 360 g/mol. The van der Waals surface area contributed by atoms with E-state index >= 15 is 0 Å². The van der Waals surface area contributed by atoms with Crippen molar-refractivity contribution in [3.63, 3.8) is 0 Å². The van der Waals surface area contributed by atoms with E-state index in [-0.39, 0.29) is 11.9 Å². The molecule has 3 rings (SSSR count). The number of anilines is 5.